The molecule has 1 aromatic carbocycles. The van der Waals surface area contributed by atoms with E-state index in [4.69, 9.17) is 11.6 Å². The summed E-state index contributed by atoms with van der Waals surface area (Å²) in [6.45, 7) is 0. The molecule has 4 heteroatoms. The van der Waals surface area contributed by atoms with Crippen molar-refractivity contribution in [2.24, 2.45) is 0 Å². The molecule has 0 aliphatic carbocycles. The molecule has 3 nitrogen and oxygen atoms in total. The van der Waals surface area contributed by atoms with Gasteiger partial charge in [-0.3, -0.25) is 4.98 Å². The Kier molecular flexibility index (Phi) is 5.91. The van der Waals surface area contributed by atoms with Crippen molar-refractivity contribution in [3.8, 4) is 0 Å². The van der Waals surface area contributed by atoms with Crippen LogP contribution in [0.3, 0.4) is 0 Å². The van der Waals surface area contributed by atoms with E-state index in [1.54, 1.807) is 0 Å². The van der Waals surface area contributed by atoms with Crippen LogP contribution in [0.15, 0.2) is 60.8 Å². The first-order valence-corrected chi connectivity index (χ1v) is 8.72. The van der Waals surface area contributed by atoms with Crippen LogP contribution in [-0.4, -0.2) is 15.2 Å². The molecule has 3 rings (SSSR count). The summed E-state index contributed by atoms with van der Waals surface area (Å²) >= 11 is 5.77. The summed E-state index contributed by atoms with van der Waals surface area (Å²) in [4.78, 5) is 4.41. The average Bonchev–Trinajstić information content (AvgIpc) is 2.67. The number of hydrogen-bond donors (Lipinski definition) is 0. The van der Waals surface area contributed by atoms with Gasteiger partial charge in [0.1, 0.15) is 0 Å². The molecule has 0 fully saturated rings. The number of aryl methyl sites for hydroxylation is 4. The van der Waals surface area contributed by atoms with E-state index in [1.165, 1.54) is 5.56 Å². The summed E-state index contributed by atoms with van der Waals surface area (Å²) in [5.41, 5.74) is 5.46. The van der Waals surface area contributed by atoms with Gasteiger partial charge < -0.3 is 0 Å². The molecule has 2 aromatic heterocycles. The molecule has 0 saturated carbocycles. The number of rotatable bonds is 7. The summed E-state index contributed by atoms with van der Waals surface area (Å²) in [5, 5.41) is 8.69. The van der Waals surface area contributed by atoms with Gasteiger partial charge in [0.15, 0.2) is 0 Å². The summed E-state index contributed by atoms with van der Waals surface area (Å²) in [5.74, 6) is 0.503. The Hall–Kier alpha value is -2.26. The third-order valence-electron chi connectivity index (χ3n) is 3.97. The van der Waals surface area contributed by atoms with Gasteiger partial charge >= 0.3 is 0 Å². The van der Waals surface area contributed by atoms with Crippen LogP contribution in [0, 0.1) is 0 Å². The Bertz CT molecular complexity index is 740. The Balaban J connectivity index is 1.50. The molecule has 0 saturated heterocycles. The van der Waals surface area contributed by atoms with Crippen LogP contribution in [0.2, 0.25) is 0 Å². The highest BCUT2D eigenvalue weighted by Crippen LogP contribution is 2.08. The number of halogens is 1. The SMILES string of the molecule is ClCc1ccc(CCc2ccc(CCc3ccccc3)nn2)nc1. The molecule has 122 valence electrons. The smallest absolute Gasteiger partial charge is 0.0635 e. The van der Waals surface area contributed by atoms with Gasteiger partial charge in [-0.25, -0.2) is 0 Å². The van der Waals surface area contributed by atoms with E-state index in [9.17, 15) is 0 Å². The van der Waals surface area contributed by atoms with E-state index in [-0.39, 0.29) is 0 Å². The maximum absolute atomic E-state index is 5.77. The first-order chi connectivity index (χ1) is 11.8. The molecule has 0 N–H and O–H groups in total. The van der Waals surface area contributed by atoms with Crippen LogP contribution in [0.1, 0.15) is 28.2 Å². The maximum Gasteiger partial charge on any atom is 0.0635 e. The highest BCUT2D eigenvalue weighted by atomic mass is 35.5. The van der Waals surface area contributed by atoms with Crippen molar-refractivity contribution in [2.45, 2.75) is 31.6 Å². The Labute approximate surface area is 147 Å². The Morgan fingerprint density at radius 1 is 0.625 bits per heavy atom. The van der Waals surface area contributed by atoms with Crippen molar-refractivity contribution in [1.82, 2.24) is 15.2 Å². The zero-order valence-corrected chi connectivity index (χ0v) is 14.3. The number of nitrogens with zero attached hydrogens (tertiary/aromatic N) is 3. The lowest BCUT2D eigenvalue weighted by Gasteiger charge is -2.04. The fourth-order valence-electron chi connectivity index (χ4n) is 2.51. The Morgan fingerprint density at radius 3 is 1.83 bits per heavy atom. The van der Waals surface area contributed by atoms with Crippen molar-refractivity contribution in [1.29, 1.82) is 0 Å². The zero-order chi connectivity index (χ0) is 16.6. The fourth-order valence-corrected chi connectivity index (χ4v) is 2.67. The largest absolute Gasteiger partial charge is 0.261 e. The quantitative estimate of drug-likeness (QED) is 0.607. The molecule has 0 amide bonds. The standard InChI is InChI=1S/C20H20ClN3/c21-14-17-7-8-18(22-15-17)10-11-20-13-12-19(23-24-20)9-6-16-4-2-1-3-5-16/h1-5,7-8,12-13,15H,6,9-11,14H2. The van der Waals surface area contributed by atoms with Crippen molar-refractivity contribution in [3.63, 3.8) is 0 Å². The molecule has 0 bridgehead atoms. The maximum atomic E-state index is 5.77. The number of alkyl halides is 1. The molecule has 0 atom stereocenters. The van der Waals surface area contributed by atoms with E-state index in [0.29, 0.717) is 5.88 Å². The first kappa shape index (κ1) is 16.6. The summed E-state index contributed by atoms with van der Waals surface area (Å²) in [7, 11) is 0. The van der Waals surface area contributed by atoms with Crippen LogP contribution in [-0.2, 0) is 31.6 Å². The fraction of sp³-hybridized carbons (Fsp3) is 0.250. The van der Waals surface area contributed by atoms with E-state index in [0.717, 1.165) is 48.3 Å². The van der Waals surface area contributed by atoms with Crippen molar-refractivity contribution in [3.05, 3.63) is 89.0 Å². The van der Waals surface area contributed by atoms with Crippen molar-refractivity contribution >= 4 is 11.6 Å². The summed E-state index contributed by atoms with van der Waals surface area (Å²) in [6.07, 6.45) is 5.45. The minimum absolute atomic E-state index is 0.503. The molecular weight excluding hydrogens is 318 g/mol. The van der Waals surface area contributed by atoms with Gasteiger partial charge in [0, 0.05) is 17.8 Å². The van der Waals surface area contributed by atoms with Crippen molar-refractivity contribution in [2.75, 3.05) is 0 Å². The van der Waals surface area contributed by atoms with Crippen LogP contribution in [0.25, 0.3) is 0 Å². The van der Waals surface area contributed by atoms with Crippen LogP contribution < -0.4 is 0 Å². The topological polar surface area (TPSA) is 38.7 Å². The normalized spacial score (nSPS) is 10.7. The molecular formula is C20H20ClN3. The van der Waals surface area contributed by atoms with Crippen LogP contribution >= 0.6 is 11.6 Å². The highest BCUT2D eigenvalue weighted by Gasteiger charge is 2.02. The third kappa shape index (κ3) is 4.87. The molecule has 0 aliphatic rings. The second-order valence-electron chi connectivity index (χ2n) is 5.79. The summed E-state index contributed by atoms with van der Waals surface area (Å²) in [6, 6.07) is 18.7. The second-order valence-corrected chi connectivity index (χ2v) is 6.06. The number of aromatic nitrogens is 3. The van der Waals surface area contributed by atoms with E-state index >= 15 is 0 Å². The number of hydrogen-bond acceptors (Lipinski definition) is 3. The molecule has 2 heterocycles. The second kappa shape index (κ2) is 8.55. The van der Waals surface area contributed by atoms with Gasteiger partial charge in [-0.05, 0) is 55.0 Å². The van der Waals surface area contributed by atoms with Gasteiger partial charge in [-0.15, -0.1) is 11.6 Å². The van der Waals surface area contributed by atoms with Gasteiger partial charge in [-0.1, -0.05) is 36.4 Å². The van der Waals surface area contributed by atoms with E-state index in [2.05, 4.69) is 51.6 Å². The molecule has 0 spiro atoms. The van der Waals surface area contributed by atoms with Crippen LogP contribution in [0.4, 0.5) is 0 Å². The molecule has 3 aromatic rings. The summed E-state index contributed by atoms with van der Waals surface area (Å²) < 4.78 is 0. The lowest BCUT2D eigenvalue weighted by atomic mass is 10.1. The lowest BCUT2D eigenvalue weighted by molar-refractivity contribution is 0.798. The molecule has 0 aliphatic heterocycles. The first-order valence-electron chi connectivity index (χ1n) is 8.18. The predicted molar refractivity (Wildman–Crippen MR) is 97.1 cm³/mol. The minimum atomic E-state index is 0.503. The molecule has 24 heavy (non-hydrogen) atoms. The Morgan fingerprint density at radius 2 is 1.25 bits per heavy atom. The lowest BCUT2D eigenvalue weighted by Crippen LogP contribution is -2.01. The van der Waals surface area contributed by atoms with Gasteiger partial charge in [0.05, 0.1) is 11.4 Å². The number of pyridine rings is 1. The monoisotopic (exact) mass is 337 g/mol. The van der Waals surface area contributed by atoms with E-state index in [1.807, 2.05) is 24.4 Å². The molecule has 0 unspecified atom stereocenters. The third-order valence-corrected chi connectivity index (χ3v) is 4.27. The van der Waals surface area contributed by atoms with E-state index < -0.39 is 0 Å². The van der Waals surface area contributed by atoms with Crippen LogP contribution in [0.5, 0.6) is 0 Å². The van der Waals surface area contributed by atoms with Gasteiger partial charge in [-0.2, -0.15) is 10.2 Å². The minimum Gasteiger partial charge on any atom is -0.261 e. The average molecular weight is 338 g/mol. The predicted octanol–water partition coefficient (Wildman–Crippen LogP) is 4.18. The highest BCUT2D eigenvalue weighted by molar-refractivity contribution is 6.17. The molecule has 0 radical (unpaired) electrons. The number of benzene rings is 1. The zero-order valence-electron chi connectivity index (χ0n) is 13.5. The van der Waals surface area contributed by atoms with Gasteiger partial charge in [0.25, 0.3) is 0 Å². The van der Waals surface area contributed by atoms with Gasteiger partial charge in [0.2, 0.25) is 0 Å². The van der Waals surface area contributed by atoms with Crippen molar-refractivity contribution < 1.29 is 0 Å².